The lowest BCUT2D eigenvalue weighted by Gasteiger charge is -2.42. The van der Waals surface area contributed by atoms with Crippen LogP contribution in [0.5, 0.6) is 5.75 Å². The van der Waals surface area contributed by atoms with Crippen molar-refractivity contribution in [3.63, 3.8) is 0 Å². The zero-order chi connectivity index (χ0) is 22.1. The van der Waals surface area contributed by atoms with Crippen molar-refractivity contribution in [2.24, 2.45) is 11.7 Å². The lowest BCUT2D eigenvalue weighted by atomic mass is 9.78. The average molecular weight is 421 g/mol. The standard InChI is InChI=1S/C24H27N3O4/c1-26-21(15-7-9-17(31-2)10-8-15)20(18-5-3-4-6-19(18)23(26)29)24(30)27-13-11-16(12-14-27)22(25)28/h3-10,16,20-21H,11-14H2,1-2H3,(H2,25,28). The number of benzene rings is 2. The lowest BCUT2D eigenvalue weighted by molar-refractivity contribution is -0.137. The number of primary amides is 1. The van der Waals surface area contributed by atoms with Gasteiger partial charge < -0.3 is 20.3 Å². The number of nitrogens with zero attached hydrogens (tertiary/aromatic N) is 2. The number of likely N-dealkylation sites (N-methyl/N-ethyl adjacent to an activating group) is 1. The van der Waals surface area contributed by atoms with E-state index in [1.807, 2.05) is 42.5 Å². The van der Waals surface area contributed by atoms with Gasteiger partial charge in [-0.2, -0.15) is 0 Å². The van der Waals surface area contributed by atoms with Gasteiger partial charge in [-0.15, -0.1) is 0 Å². The number of hydrogen-bond donors (Lipinski definition) is 1. The number of likely N-dealkylation sites (tertiary alicyclic amines) is 1. The zero-order valence-corrected chi connectivity index (χ0v) is 17.8. The monoisotopic (exact) mass is 421 g/mol. The Balaban J connectivity index is 1.73. The van der Waals surface area contributed by atoms with Crippen molar-refractivity contribution in [1.82, 2.24) is 9.80 Å². The van der Waals surface area contributed by atoms with Crippen molar-refractivity contribution < 1.29 is 19.1 Å². The first-order valence-corrected chi connectivity index (χ1v) is 10.5. The smallest absolute Gasteiger partial charge is 0.254 e. The first-order valence-electron chi connectivity index (χ1n) is 10.5. The summed E-state index contributed by atoms with van der Waals surface area (Å²) < 4.78 is 5.27. The largest absolute Gasteiger partial charge is 0.497 e. The summed E-state index contributed by atoms with van der Waals surface area (Å²) >= 11 is 0. The Morgan fingerprint density at radius 2 is 1.68 bits per heavy atom. The summed E-state index contributed by atoms with van der Waals surface area (Å²) in [5.74, 6) is -0.452. The maximum absolute atomic E-state index is 13.8. The Bertz CT molecular complexity index is 996. The van der Waals surface area contributed by atoms with Crippen LogP contribution in [0.3, 0.4) is 0 Å². The topological polar surface area (TPSA) is 92.9 Å². The van der Waals surface area contributed by atoms with Gasteiger partial charge in [-0.1, -0.05) is 30.3 Å². The third kappa shape index (κ3) is 3.76. The third-order valence-corrected chi connectivity index (χ3v) is 6.51. The van der Waals surface area contributed by atoms with Gasteiger partial charge in [-0.3, -0.25) is 14.4 Å². The van der Waals surface area contributed by atoms with Crippen LogP contribution in [0.1, 0.15) is 46.3 Å². The van der Waals surface area contributed by atoms with E-state index >= 15 is 0 Å². The minimum Gasteiger partial charge on any atom is -0.497 e. The van der Waals surface area contributed by atoms with Crippen LogP contribution >= 0.6 is 0 Å². The number of nitrogens with two attached hydrogens (primary N) is 1. The van der Waals surface area contributed by atoms with Gasteiger partial charge in [0.2, 0.25) is 11.8 Å². The van der Waals surface area contributed by atoms with Crippen molar-refractivity contribution in [2.75, 3.05) is 27.2 Å². The van der Waals surface area contributed by atoms with Gasteiger partial charge >= 0.3 is 0 Å². The van der Waals surface area contributed by atoms with Crippen LogP contribution in [0.2, 0.25) is 0 Å². The molecule has 7 heteroatoms. The second kappa shape index (κ2) is 8.41. The predicted octanol–water partition coefficient (Wildman–Crippen LogP) is 2.33. The van der Waals surface area contributed by atoms with E-state index in [0.29, 0.717) is 37.2 Å². The fourth-order valence-corrected chi connectivity index (χ4v) is 4.74. The summed E-state index contributed by atoms with van der Waals surface area (Å²) in [6, 6.07) is 14.4. The van der Waals surface area contributed by atoms with Gasteiger partial charge in [-0.25, -0.2) is 0 Å². The number of carbonyl (C=O) groups excluding carboxylic acids is 3. The third-order valence-electron chi connectivity index (χ3n) is 6.51. The van der Waals surface area contributed by atoms with Crippen LogP contribution in [0.4, 0.5) is 0 Å². The molecule has 2 aliphatic heterocycles. The molecule has 2 aliphatic rings. The molecule has 0 bridgehead atoms. The molecule has 0 aromatic heterocycles. The molecule has 3 amide bonds. The minimum absolute atomic E-state index is 0.0319. The van der Waals surface area contributed by atoms with Gasteiger partial charge in [0.25, 0.3) is 5.91 Å². The number of fused-ring (bicyclic) bond motifs is 1. The molecule has 0 aliphatic carbocycles. The van der Waals surface area contributed by atoms with Gasteiger partial charge in [-0.05, 0) is 42.2 Å². The van der Waals surface area contributed by atoms with Gasteiger partial charge in [0.15, 0.2) is 0 Å². The maximum Gasteiger partial charge on any atom is 0.254 e. The lowest BCUT2D eigenvalue weighted by Crippen LogP contribution is -2.49. The number of methoxy groups -OCH3 is 1. The summed E-state index contributed by atoms with van der Waals surface area (Å²) in [5.41, 5.74) is 7.62. The molecule has 2 aromatic carbocycles. The van der Waals surface area contributed by atoms with Gasteiger partial charge in [0.05, 0.1) is 19.1 Å². The van der Waals surface area contributed by atoms with Crippen molar-refractivity contribution in [3.8, 4) is 5.75 Å². The summed E-state index contributed by atoms with van der Waals surface area (Å²) in [6.07, 6.45) is 1.13. The van der Waals surface area contributed by atoms with Crippen molar-refractivity contribution in [3.05, 3.63) is 65.2 Å². The summed E-state index contributed by atoms with van der Waals surface area (Å²) in [7, 11) is 3.34. The van der Waals surface area contributed by atoms with Gasteiger partial charge in [0, 0.05) is 31.6 Å². The molecular weight excluding hydrogens is 394 g/mol. The molecular formula is C24H27N3O4. The minimum atomic E-state index is -0.530. The molecule has 7 nitrogen and oxygen atoms in total. The SMILES string of the molecule is COc1ccc(C2C(C(=O)N3CCC(C(N)=O)CC3)c3ccccc3C(=O)N2C)cc1. The molecule has 4 rings (SSSR count). The molecule has 31 heavy (non-hydrogen) atoms. The van der Waals surface area contributed by atoms with E-state index in [4.69, 9.17) is 10.5 Å². The van der Waals surface area contributed by atoms with Crippen molar-refractivity contribution in [2.45, 2.75) is 24.8 Å². The van der Waals surface area contributed by atoms with Gasteiger partial charge in [0.1, 0.15) is 5.75 Å². The number of ether oxygens (including phenoxy) is 1. The molecule has 2 heterocycles. The van der Waals surface area contributed by atoms with E-state index in [9.17, 15) is 14.4 Å². The van der Waals surface area contributed by atoms with Crippen LogP contribution in [-0.2, 0) is 9.59 Å². The van der Waals surface area contributed by atoms with Crippen LogP contribution in [0.25, 0.3) is 0 Å². The first kappa shape index (κ1) is 20.9. The number of amides is 3. The van der Waals surface area contributed by atoms with Crippen LogP contribution < -0.4 is 10.5 Å². The Kier molecular flexibility index (Phi) is 5.67. The van der Waals surface area contributed by atoms with E-state index in [1.165, 1.54) is 0 Å². The summed E-state index contributed by atoms with van der Waals surface area (Å²) in [4.78, 5) is 41.9. The average Bonchev–Trinajstić information content (AvgIpc) is 2.81. The highest BCUT2D eigenvalue weighted by atomic mass is 16.5. The molecule has 1 saturated heterocycles. The molecule has 0 spiro atoms. The second-order valence-corrected chi connectivity index (χ2v) is 8.20. The van der Waals surface area contributed by atoms with Crippen LogP contribution in [0.15, 0.2) is 48.5 Å². The Labute approximate surface area is 181 Å². The zero-order valence-electron chi connectivity index (χ0n) is 17.8. The van der Waals surface area contributed by atoms with E-state index in [1.54, 1.807) is 30.0 Å². The van der Waals surface area contributed by atoms with Crippen molar-refractivity contribution in [1.29, 1.82) is 0 Å². The molecule has 2 N–H and O–H groups in total. The Hall–Kier alpha value is -3.35. The van der Waals surface area contributed by atoms with Crippen molar-refractivity contribution >= 4 is 17.7 Å². The molecule has 0 saturated carbocycles. The number of rotatable bonds is 4. The Morgan fingerprint density at radius 3 is 2.29 bits per heavy atom. The highest BCUT2D eigenvalue weighted by molar-refractivity contribution is 6.01. The first-order chi connectivity index (χ1) is 14.9. The molecule has 2 unspecified atom stereocenters. The molecule has 0 radical (unpaired) electrons. The number of piperidine rings is 1. The van der Waals surface area contributed by atoms with E-state index in [0.717, 1.165) is 11.1 Å². The summed E-state index contributed by atoms with van der Waals surface area (Å²) in [5, 5.41) is 0. The fourth-order valence-electron chi connectivity index (χ4n) is 4.74. The van der Waals surface area contributed by atoms with E-state index < -0.39 is 12.0 Å². The maximum atomic E-state index is 13.8. The van der Waals surface area contributed by atoms with Crippen LogP contribution in [0, 0.1) is 5.92 Å². The molecule has 162 valence electrons. The highest BCUT2D eigenvalue weighted by Gasteiger charge is 2.44. The quantitative estimate of drug-likeness (QED) is 0.820. The number of hydrogen-bond acceptors (Lipinski definition) is 4. The Morgan fingerprint density at radius 1 is 1.03 bits per heavy atom. The summed E-state index contributed by atoms with van der Waals surface area (Å²) in [6.45, 7) is 0.968. The second-order valence-electron chi connectivity index (χ2n) is 8.20. The highest BCUT2D eigenvalue weighted by Crippen LogP contribution is 2.43. The molecule has 2 atom stereocenters. The predicted molar refractivity (Wildman–Crippen MR) is 116 cm³/mol. The normalized spacial score (nSPS) is 21.5. The molecule has 2 aromatic rings. The molecule has 1 fully saturated rings. The fraction of sp³-hybridized carbons (Fsp3) is 0.375. The van der Waals surface area contributed by atoms with E-state index in [2.05, 4.69) is 0 Å². The van der Waals surface area contributed by atoms with E-state index in [-0.39, 0.29) is 23.6 Å². The van der Waals surface area contributed by atoms with Crippen LogP contribution in [-0.4, -0.2) is 54.8 Å². The number of carbonyl (C=O) groups is 3.